The minimum Gasteiger partial charge on any atom is -0.385 e. The highest BCUT2D eigenvalue weighted by molar-refractivity contribution is 5.26. The van der Waals surface area contributed by atoms with Gasteiger partial charge in [0.2, 0.25) is 0 Å². The van der Waals surface area contributed by atoms with Gasteiger partial charge in [-0.05, 0) is 13.3 Å². The summed E-state index contributed by atoms with van der Waals surface area (Å²) in [4.78, 5) is 24.8. The van der Waals surface area contributed by atoms with Crippen molar-refractivity contribution >= 4 is 5.82 Å². The Morgan fingerprint density at radius 3 is 2.69 bits per heavy atom. The number of nitrogens with zero attached hydrogens (tertiary/aromatic N) is 1. The average molecular weight is 225 g/mol. The number of anilines is 1. The zero-order valence-corrected chi connectivity index (χ0v) is 9.82. The van der Waals surface area contributed by atoms with Crippen LogP contribution in [-0.4, -0.2) is 9.55 Å². The number of H-pyrrole nitrogens is 1. The smallest absolute Gasteiger partial charge is 0.330 e. The largest absolute Gasteiger partial charge is 0.385 e. The van der Waals surface area contributed by atoms with Gasteiger partial charge < -0.3 is 5.73 Å². The molecular formula is C11H19N3O2. The van der Waals surface area contributed by atoms with Gasteiger partial charge in [0.1, 0.15) is 5.82 Å². The lowest BCUT2D eigenvalue weighted by Crippen LogP contribution is -2.33. The predicted octanol–water partition coefficient (Wildman–Crippen LogP) is 1.26. The van der Waals surface area contributed by atoms with Crippen LogP contribution in [0.15, 0.2) is 15.7 Å². The number of unbranched alkanes of at least 4 members (excludes halogenated alkanes) is 2. The number of hydrogen-bond acceptors (Lipinski definition) is 3. The molecule has 1 atom stereocenters. The molecule has 0 aliphatic carbocycles. The lowest BCUT2D eigenvalue weighted by atomic mass is 10.1. The summed E-state index contributed by atoms with van der Waals surface area (Å²) in [5.41, 5.74) is 4.80. The molecule has 0 aliphatic heterocycles. The van der Waals surface area contributed by atoms with Crippen molar-refractivity contribution in [2.24, 2.45) is 0 Å². The highest BCUT2D eigenvalue weighted by Crippen LogP contribution is 2.15. The third kappa shape index (κ3) is 2.98. The maximum Gasteiger partial charge on any atom is 0.330 e. The highest BCUT2D eigenvalue weighted by atomic mass is 16.2. The Bertz CT molecular complexity index is 447. The van der Waals surface area contributed by atoms with E-state index >= 15 is 0 Å². The van der Waals surface area contributed by atoms with Crippen LogP contribution < -0.4 is 17.0 Å². The molecule has 1 aromatic heterocycles. The van der Waals surface area contributed by atoms with Crippen molar-refractivity contribution in [3.63, 3.8) is 0 Å². The van der Waals surface area contributed by atoms with Crippen LogP contribution in [0.25, 0.3) is 0 Å². The van der Waals surface area contributed by atoms with E-state index in [2.05, 4.69) is 11.9 Å². The van der Waals surface area contributed by atoms with Crippen LogP contribution in [0.1, 0.15) is 45.6 Å². The van der Waals surface area contributed by atoms with Gasteiger partial charge in [0, 0.05) is 12.1 Å². The molecule has 1 unspecified atom stereocenters. The maximum absolute atomic E-state index is 11.6. The molecule has 5 heteroatoms. The molecule has 0 saturated carbocycles. The molecule has 1 rings (SSSR count). The summed E-state index contributed by atoms with van der Waals surface area (Å²) in [6.07, 6.45) is 4.23. The Balaban J connectivity index is 2.87. The SMILES string of the molecule is CCCCCC(C)n1c(N)cc(=O)[nH]c1=O. The lowest BCUT2D eigenvalue weighted by Gasteiger charge is -2.16. The fraction of sp³-hybridized carbons (Fsp3) is 0.636. The number of hydrogen-bond donors (Lipinski definition) is 2. The Morgan fingerprint density at radius 2 is 2.12 bits per heavy atom. The summed E-state index contributed by atoms with van der Waals surface area (Å²) in [5, 5.41) is 0. The molecular weight excluding hydrogens is 206 g/mol. The zero-order valence-electron chi connectivity index (χ0n) is 9.82. The molecule has 0 saturated heterocycles. The second-order valence-corrected chi connectivity index (χ2v) is 4.08. The summed E-state index contributed by atoms with van der Waals surface area (Å²) < 4.78 is 1.44. The van der Waals surface area contributed by atoms with Crippen molar-refractivity contribution in [1.82, 2.24) is 9.55 Å². The van der Waals surface area contributed by atoms with Crippen LogP contribution >= 0.6 is 0 Å². The number of aromatic nitrogens is 2. The molecule has 1 heterocycles. The Morgan fingerprint density at radius 1 is 1.44 bits per heavy atom. The van der Waals surface area contributed by atoms with Crippen molar-refractivity contribution in [3.05, 3.63) is 26.9 Å². The Kier molecular flexibility index (Phi) is 4.34. The van der Waals surface area contributed by atoms with Gasteiger partial charge in [-0.25, -0.2) is 4.79 Å². The fourth-order valence-electron chi connectivity index (χ4n) is 1.80. The van der Waals surface area contributed by atoms with Crippen LogP contribution in [0.5, 0.6) is 0 Å². The van der Waals surface area contributed by atoms with E-state index in [4.69, 9.17) is 5.73 Å². The summed E-state index contributed by atoms with van der Waals surface area (Å²) in [6, 6.07) is 1.27. The number of nitrogen functional groups attached to an aromatic ring is 1. The second kappa shape index (κ2) is 5.53. The minimum absolute atomic E-state index is 0.0240. The van der Waals surface area contributed by atoms with Gasteiger partial charge in [-0.1, -0.05) is 26.2 Å². The van der Waals surface area contributed by atoms with Gasteiger partial charge in [0.25, 0.3) is 5.56 Å². The topological polar surface area (TPSA) is 80.9 Å². The number of aromatic amines is 1. The quantitative estimate of drug-likeness (QED) is 0.740. The molecule has 0 aliphatic rings. The second-order valence-electron chi connectivity index (χ2n) is 4.08. The molecule has 0 bridgehead atoms. The van der Waals surface area contributed by atoms with E-state index in [1.165, 1.54) is 10.6 Å². The molecule has 3 N–H and O–H groups in total. The zero-order chi connectivity index (χ0) is 12.1. The summed E-state index contributed by atoms with van der Waals surface area (Å²) in [5.74, 6) is 0.234. The molecule has 1 aromatic rings. The van der Waals surface area contributed by atoms with Crippen LogP contribution in [0.3, 0.4) is 0 Å². The molecule has 90 valence electrons. The average Bonchev–Trinajstić information content (AvgIpc) is 2.16. The van der Waals surface area contributed by atoms with Gasteiger partial charge in [-0.15, -0.1) is 0 Å². The lowest BCUT2D eigenvalue weighted by molar-refractivity contribution is 0.463. The summed E-state index contributed by atoms with van der Waals surface area (Å²) >= 11 is 0. The first-order valence-electron chi connectivity index (χ1n) is 5.67. The number of nitrogens with one attached hydrogen (secondary N) is 1. The van der Waals surface area contributed by atoms with Gasteiger partial charge in [-0.2, -0.15) is 0 Å². The molecule has 0 radical (unpaired) electrons. The van der Waals surface area contributed by atoms with E-state index in [9.17, 15) is 9.59 Å². The molecule has 0 spiro atoms. The van der Waals surface area contributed by atoms with E-state index in [1.54, 1.807) is 0 Å². The van der Waals surface area contributed by atoms with Crippen LogP contribution in [0, 0.1) is 0 Å². The van der Waals surface area contributed by atoms with E-state index in [1.807, 2.05) is 6.92 Å². The van der Waals surface area contributed by atoms with Crippen LogP contribution in [-0.2, 0) is 0 Å². The molecule has 0 aromatic carbocycles. The van der Waals surface area contributed by atoms with Gasteiger partial charge in [0.05, 0.1) is 0 Å². The van der Waals surface area contributed by atoms with Crippen molar-refractivity contribution in [1.29, 1.82) is 0 Å². The third-order valence-corrected chi connectivity index (χ3v) is 2.67. The number of nitrogens with two attached hydrogens (primary N) is 1. The van der Waals surface area contributed by atoms with E-state index < -0.39 is 11.2 Å². The van der Waals surface area contributed by atoms with Crippen molar-refractivity contribution in [3.8, 4) is 0 Å². The van der Waals surface area contributed by atoms with Gasteiger partial charge in [0.15, 0.2) is 0 Å². The first-order chi connectivity index (χ1) is 7.56. The van der Waals surface area contributed by atoms with Gasteiger partial charge >= 0.3 is 5.69 Å². The fourth-order valence-corrected chi connectivity index (χ4v) is 1.80. The monoisotopic (exact) mass is 225 g/mol. The van der Waals surface area contributed by atoms with E-state index in [0.717, 1.165) is 25.7 Å². The Labute approximate surface area is 94.3 Å². The van der Waals surface area contributed by atoms with Gasteiger partial charge in [-0.3, -0.25) is 14.3 Å². The van der Waals surface area contributed by atoms with E-state index in [-0.39, 0.29) is 11.9 Å². The van der Waals surface area contributed by atoms with Crippen LogP contribution in [0.4, 0.5) is 5.82 Å². The first kappa shape index (κ1) is 12.5. The molecule has 16 heavy (non-hydrogen) atoms. The third-order valence-electron chi connectivity index (χ3n) is 2.67. The Hall–Kier alpha value is -1.52. The number of rotatable bonds is 5. The predicted molar refractivity (Wildman–Crippen MR) is 64.6 cm³/mol. The normalized spacial score (nSPS) is 12.6. The van der Waals surface area contributed by atoms with Crippen molar-refractivity contribution in [2.45, 2.75) is 45.6 Å². The minimum atomic E-state index is -0.445. The standard InChI is InChI=1S/C11H19N3O2/c1-3-4-5-6-8(2)14-9(12)7-10(15)13-11(14)16/h7-8H,3-6,12H2,1-2H3,(H,13,15,16). The highest BCUT2D eigenvalue weighted by Gasteiger charge is 2.10. The maximum atomic E-state index is 11.6. The van der Waals surface area contributed by atoms with Crippen molar-refractivity contribution < 1.29 is 0 Å². The molecule has 0 fully saturated rings. The van der Waals surface area contributed by atoms with E-state index in [0.29, 0.717) is 0 Å². The first-order valence-corrected chi connectivity index (χ1v) is 5.67. The molecule has 0 amide bonds. The van der Waals surface area contributed by atoms with Crippen molar-refractivity contribution in [2.75, 3.05) is 5.73 Å². The summed E-state index contributed by atoms with van der Waals surface area (Å²) in [6.45, 7) is 4.07. The summed E-state index contributed by atoms with van der Waals surface area (Å²) in [7, 11) is 0. The molecule has 5 nitrogen and oxygen atoms in total. The van der Waals surface area contributed by atoms with Crippen LogP contribution in [0.2, 0.25) is 0 Å².